The summed E-state index contributed by atoms with van der Waals surface area (Å²) in [5.74, 6) is 0.328. The van der Waals surface area contributed by atoms with Crippen LogP contribution in [0.15, 0.2) is 18.2 Å². The number of fused-ring (bicyclic) bond motifs is 1. The molecule has 0 atom stereocenters. The zero-order valence-electron chi connectivity index (χ0n) is 9.54. The topological polar surface area (TPSA) is 20.3 Å². The third-order valence-electron chi connectivity index (χ3n) is 3.71. The number of carbonyl (C=O) groups excluding carboxylic acids is 1. The Bertz CT molecular complexity index is 419. The summed E-state index contributed by atoms with van der Waals surface area (Å²) in [5, 5.41) is 0. The van der Waals surface area contributed by atoms with E-state index in [4.69, 9.17) is 0 Å². The summed E-state index contributed by atoms with van der Waals surface area (Å²) in [4.78, 5) is 14.1. The Hall–Kier alpha value is -1.31. The standard InChI is InChI=1S/C14H17NO/c16-14-5-3-4-11-10-12(6-7-13(11)14)15-8-1-2-9-15/h6-7,10H,1-5,8-9H2. The van der Waals surface area contributed by atoms with Crippen molar-refractivity contribution in [1.29, 1.82) is 0 Å². The minimum Gasteiger partial charge on any atom is -0.372 e. The average Bonchev–Trinajstić information content (AvgIpc) is 2.82. The number of benzene rings is 1. The van der Waals surface area contributed by atoms with Crippen molar-refractivity contribution in [3.8, 4) is 0 Å². The summed E-state index contributed by atoms with van der Waals surface area (Å²) in [6.45, 7) is 2.35. The van der Waals surface area contributed by atoms with Crippen LogP contribution in [0.4, 0.5) is 5.69 Å². The first-order valence-electron chi connectivity index (χ1n) is 6.26. The van der Waals surface area contributed by atoms with E-state index in [1.54, 1.807) is 0 Å². The van der Waals surface area contributed by atoms with Crippen molar-refractivity contribution < 1.29 is 4.79 Å². The third kappa shape index (κ3) is 1.62. The molecule has 3 rings (SSSR count). The molecule has 1 aromatic rings. The molecule has 0 unspecified atom stereocenters. The highest BCUT2D eigenvalue weighted by atomic mass is 16.1. The van der Waals surface area contributed by atoms with Crippen LogP contribution in [-0.2, 0) is 6.42 Å². The number of anilines is 1. The van der Waals surface area contributed by atoms with Gasteiger partial charge in [0, 0.05) is 30.8 Å². The van der Waals surface area contributed by atoms with Crippen LogP contribution in [0.1, 0.15) is 41.6 Å². The van der Waals surface area contributed by atoms with Gasteiger partial charge in [-0.3, -0.25) is 4.79 Å². The Morgan fingerprint density at radius 2 is 1.81 bits per heavy atom. The minimum atomic E-state index is 0.328. The molecule has 0 bridgehead atoms. The van der Waals surface area contributed by atoms with Crippen molar-refractivity contribution in [2.45, 2.75) is 32.1 Å². The molecule has 0 spiro atoms. The highest BCUT2D eigenvalue weighted by Crippen LogP contribution is 2.27. The molecule has 0 aromatic heterocycles. The molecule has 2 nitrogen and oxygen atoms in total. The number of aryl methyl sites for hydroxylation is 1. The van der Waals surface area contributed by atoms with E-state index in [1.807, 2.05) is 6.07 Å². The van der Waals surface area contributed by atoms with Crippen LogP contribution < -0.4 is 4.90 Å². The zero-order valence-corrected chi connectivity index (χ0v) is 9.54. The molecule has 1 saturated heterocycles. The number of carbonyl (C=O) groups is 1. The smallest absolute Gasteiger partial charge is 0.163 e. The van der Waals surface area contributed by atoms with E-state index >= 15 is 0 Å². The maximum Gasteiger partial charge on any atom is 0.163 e. The predicted molar refractivity (Wildman–Crippen MR) is 65.2 cm³/mol. The average molecular weight is 215 g/mol. The quantitative estimate of drug-likeness (QED) is 0.718. The summed E-state index contributed by atoms with van der Waals surface area (Å²) in [6.07, 6.45) is 5.43. The first-order chi connectivity index (χ1) is 7.84. The second-order valence-corrected chi connectivity index (χ2v) is 4.81. The number of Topliss-reactive ketones (excluding diaryl/α,β-unsaturated/α-hetero) is 1. The predicted octanol–water partition coefficient (Wildman–Crippen LogP) is 2.81. The highest BCUT2D eigenvalue weighted by Gasteiger charge is 2.19. The van der Waals surface area contributed by atoms with Crippen LogP contribution in [0.25, 0.3) is 0 Å². The molecule has 2 aliphatic rings. The summed E-state index contributed by atoms with van der Waals surface area (Å²) >= 11 is 0. The summed E-state index contributed by atoms with van der Waals surface area (Å²) < 4.78 is 0. The van der Waals surface area contributed by atoms with E-state index < -0.39 is 0 Å². The Morgan fingerprint density at radius 3 is 2.62 bits per heavy atom. The summed E-state index contributed by atoms with van der Waals surface area (Å²) in [6, 6.07) is 6.38. The molecule has 2 heteroatoms. The van der Waals surface area contributed by atoms with Gasteiger partial charge in [-0.1, -0.05) is 0 Å². The molecule has 84 valence electrons. The molecule has 1 aliphatic heterocycles. The molecular weight excluding hydrogens is 198 g/mol. The van der Waals surface area contributed by atoms with E-state index in [-0.39, 0.29) is 0 Å². The fraction of sp³-hybridized carbons (Fsp3) is 0.500. The molecule has 0 radical (unpaired) electrons. The van der Waals surface area contributed by atoms with Crippen LogP contribution in [0.3, 0.4) is 0 Å². The SMILES string of the molecule is O=C1CCCc2cc(N3CCCC3)ccc21. The zero-order chi connectivity index (χ0) is 11.0. The fourth-order valence-electron chi connectivity index (χ4n) is 2.81. The van der Waals surface area contributed by atoms with E-state index in [2.05, 4.69) is 17.0 Å². The van der Waals surface area contributed by atoms with Gasteiger partial charge >= 0.3 is 0 Å². The van der Waals surface area contributed by atoms with Crippen molar-refractivity contribution >= 4 is 11.5 Å². The van der Waals surface area contributed by atoms with Gasteiger partial charge in [0.2, 0.25) is 0 Å². The van der Waals surface area contributed by atoms with E-state index in [9.17, 15) is 4.79 Å². The minimum absolute atomic E-state index is 0.328. The molecule has 0 amide bonds. The maximum atomic E-state index is 11.7. The Morgan fingerprint density at radius 1 is 1.00 bits per heavy atom. The Balaban J connectivity index is 1.94. The van der Waals surface area contributed by atoms with E-state index in [1.165, 1.54) is 37.2 Å². The van der Waals surface area contributed by atoms with Crippen LogP contribution >= 0.6 is 0 Å². The van der Waals surface area contributed by atoms with Gasteiger partial charge in [0.25, 0.3) is 0 Å². The third-order valence-corrected chi connectivity index (χ3v) is 3.71. The van der Waals surface area contributed by atoms with Crippen molar-refractivity contribution in [2.24, 2.45) is 0 Å². The second kappa shape index (κ2) is 3.93. The Kier molecular flexibility index (Phi) is 2.43. The molecule has 1 heterocycles. The molecule has 16 heavy (non-hydrogen) atoms. The van der Waals surface area contributed by atoms with Gasteiger partial charge in [0.15, 0.2) is 5.78 Å². The lowest BCUT2D eigenvalue weighted by Gasteiger charge is -2.21. The van der Waals surface area contributed by atoms with Gasteiger partial charge in [0.1, 0.15) is 0 Å². The van der Waals surface area contributed by atoms with Gasteiger partial charge in [0.05, 0.1) is 0 Å². The lowest BCUT2D eigenvalue weighted by atomic mass is 9.90. The van der Waals surface area contributed by atoms with Crippen molar-refractivity contribution in [1.82, 2.24) is 0 Å². The largest absolute Gasteiger partial charge is 0.372 e. The van der Waals surface area contributed by atoms with Crippen LogP contribution in [0, 0.1) is 0 Å². The van der Waals surface area contributed by atoms with Gasteiger partial charge in [-0.15, -0.1) is 0 Å². The molecule has 0 N–H and O–H groups in total. The number of hydrogen-bond donors (Lipinski definition) is 0. The number of nitrogens with zero attached hydrogens (tertiary/aromatic N) is 1. The number of rotatable bonds is 1. The van der Waals surface area contributed by atoms with Gasteiger partial charge in [-0.2, -0.15) is 0 Å². The van der Waals surface area contributed by atoms with Gasteiger partial charge < -0.3 is 4.90 Å². The normalized spacial score (nSPS) is 20.0. The monoisotopic (exact) mass is 215 g/mol. The lowest BCUT2D eigenvalue weighted by molar-refractivity contribution is 0.0972. The van der Waals surface area contributed by atoms with Crippen molar-refractivity contribution in [3.05, 3.63) is 29.3 Å². The molecule has 1 aromatic carbocycles. The van der Waals surface area contributed by atoms with Crippen LogP contribution in [0.5, 0.6) is 0 Å². The summed E-state index contributed by atoms with van der Waals surface area (Å²) in [5.41, 5.74) is 3.54. The lowest BCUT2D eigenvalue weighted by Crippen LogP contribution is -2.19. The fourth-order valence-corrected chi connectivity index (χ4v) is 2.81. The second-order valence-electron chi connectivity index (χ2n) is 4.81. The molecular formula is C14H17NO. The van der Waals surface area contributed by atoms with Crippen molar-refractivity contribution in [2.75, 3.05) is 18.0 Å². The van der Waals surface area contributed by atoms with Crippen molar-refractivity contribution in [3.63, 3.8) is 0 Å². The molecule has 1 fully saturated rings. The van der Waals surface area contributed by atoms with E-state index in [0.29, 0.717) is 5.78 Å². The number of ketones is 1. The molecule has 0 saturated carbocycles. The summed E-state index contributed by atoms with van der Waals surface area (Å²) in [7, 11) is 0. The first kappa shape index (κ1) is 9.88. The maximum absolute atomic E-state index is 11.7. The number of hydrogen-bond acceptors (Lipinski definition) is 2. The molecule has 1 aliphatic carbocycles. The first-order valence-corrected chi connectivity index (χ1v) is 6.26. The highest BCUT2D eigenvalue weighted by molar-refractivity contribution is 5.98. The van der Waals surface area contributed by atoms with Crippen LogP contribution in [-0.4, -0.2) is 18.9 Å². The van der Waals surface area contributed by atoms with E-state index in [0.717, 1.165) is 24.8 Å². The Labute approximate surface area is 96.3 Å². The van der Waals surface area contributed by atoms with Gasteiger partial charge in [-0.05, 0) is 49.4 Å². The van der Waals surface area contributed by atoms with Gasteiger partial charge in [-0.25, -0.2) is 0 Å². The van der Waals surface area contributed by atoms with Crippen LogP contribution in [0.2, 0.25) is 0 Å².